The van der Waals surface area contributed by atoms with E-state index in [0.717, 1.165) is 12.1 Å². The molecule has 1 aliphatic rings. The zero-order chi connectivity index (χ0) is 21.8. The smallest absolute Gasteiger partial charge is 0.196 e. The van der Waals surface area contributed by atoms with E-state index < -0.39 is 35.6 Å². The fourth-order valence-corrected chi connectivity index (χ4v) is 3.57. The van der Waals surface area contributed by atoms with E-state index in [0.29, 0.717) is 0 Å². The molecule has 0 fully saturated rings. The van der Waals surface area contributed by atoms with Crippen molar-refractivity contribution < 1.29 is 39.8 Å². The average Bonchev–Trinajstić information content (AvgIpc) is 2.68. The summed E-state index contributed by atoms with van der Waals surface area (Å²) in [5, 5.41) is 60.1. The van der Waals surface area contributed by atoms with Gasteiger partial charge in [0.25, 0.3) is 0 Å². The van der Waals surface area contributed by atoms with Gasteiger partial charge in [0.15, 0.2) is 11.0 Å². The summed E-state index contributed by atoms with van der Waals surface area (Å²) in [6.07, 6.45) is -2.63. The highest BCUT2D eigenvalue weighted by Gasteiger charge is 2.41. The second-order valence-corrected chi connectivity index (χ2v) is 7.57. The second kappa shape index (κ2) is 6.91. The van der Waals surface area contributed by atoms with Gasteiger partial charge in [-0.2, -0.15) is 0 Å². The van der Waals surface area contributed by atoms with Crippen LogP contribution in [0.15, 0.2) is 39.5 Å². The van der Waals surface area contributed by atoms with Crippen molar-refractivity contribution >= 4 is 11.0 Å². The summed E-state index contributed by atoms with van der Waals surface area (Å²) in [4.78, 5) is 12.7. The molecule has 1 aromatic heterocycles. The van der Waals surface area contributed by atoms with Gasteiger partial charge in [0.2, 0.25) is 0 Å². The van der Waals surface area contributed by atoms with Gasteiger partial charge in [0, 0.05) is 30.2 Å². The fourth-order valence-electron chi connectivity index (χ4n) is 3.57. The summed E-state index contributed by atoms with van der Waals surface area (Å²) in [6.45, 7) is 1.03. The van der Waals surface area contributed by atoms with Crippen LogP contribution in [0.25, 0.3) is 11.0 Å². The molecule has 158 valence electrons. The number of aliphatic hydroxyl groups is 3. The van der Waals surface area contributed by atoms with E-state index >= 15 is 0 Å². The molecule has 0 saturated carbocycles. The Morgan fingerprint density at radius 2 is 1.80 bits per heavy atom. The van der Waals surface area contributed by atoms with E-state index in [1.165, 1.54) is 25.1 Å². The van der Waals surface area contributed by atoms with E-state index in [-0.39, 0.29) is 51.5 Å². The standard InChI is InChI=1S/C21H20O9/c1-21(8-22)17(26)5-12-14(30-21)7-15-18(20(12)28)13(25)6-16(29-15)19(27)9-2-10(23)4-11(24)3-9/h2-4,6-7,17,19,22-24,26-28H,5,8H2,1H3. The summed E-state index contributed by atoms with van der Waals surface area (Å²) < 4.78 is 11.3. The molecule has 3 unspecified atom stereocenters. The molecule has 4 rings (SSSR count). The molecule has 2 aromatic carbocycles. The van der Waals surface area contributed by atoms with Crippen molar-refractivity contribution in [2.45, 2.75) is 31.2 Å². The number of hydrogen-bond acceptors (Lipinski definition) is 9. The summed E-state index contributed by atoms with van der Waals surface area (Å²) >= 11 is 0. The number of ether oxygens (including phenoxy) is 1. The lowest BCUT2D eigenvalue weighted by atomic mass is 9.89. The maximum atomic E-state index is 12.7. The highest BCUT2D eigenvalue weighted by molar-refractivity contribution is 5.87. The van der Waals surface area contributed by atoms with Crippen molar-refractivity contribution in [2.75, 3.05) is 6.61 Å². The van der Waals surface area contributed by atoms with Crippen LogP contribution < -0.4 is 10.2 Å². The minimum Gasteiger partial charge on any atom is -0.508 e. The Bertz CT molecular complexity index is 1180. The van der Waals surface area contributed by atoms with Crippen molar-refractivity contribution in [3.8, 4) is 23.0 Å². The summed E-state index contributed by atoms with van der Waals surface area (Å²) in [5.41, 5.74) is -1.72. The van der Waals surface area contributed by atoms with Crippen LogP contribution in [0.4, 0.5) is 0 Å². The molecular weight excluding hydrogens is 396 g/mol. The van der Waals surface area contributed by atoms with Crippen LogP contribution in [0, 0.1) is 0 Å². The van der Waals surface area contributed by atoms with Crippen LogP contribution >= 0.6 is 0 Å². The minimum atomic E-state index is -1.48. The van der Waals surface area contributed by atoms with Crippen LogP contribution in [0.2, 0.25) is 0 Å². The first-order valence-corrected chi connectivity index (χ1v) is 9.14. The predicted molar refractivity (Wildman–Crippen MR) is 104 cm³/mol. The molecule has 30 heavy (non-hydrogen) atoms. The number of phenols is 3. The Labute approximate surface area is 169 Å². The Kier molecular flexibility index (Phi) is 4.61. The number of rotatable bonds is 3. The zero-order valence-electron chi connectivity index (χ0n) is 15.9. The third-order valence-corrected chi connectivity index (χ3v) is 5.35. The first kappa shape index (κ1) is 20.0. The Morgan fingerprint density at radius 3 is 2.43 bits per heavy atom. The molecule has 1 aliphatic heterocycles. The normalized spacial score (nSPS) is 21.8. The first-order chi connectivity index (χ1) is 14.1. The maximum absolute atomic E-state index is 12.7. The molecule has 0 saturated heterocycles. The number of phenolic OH excluding ortho intramolecular Hbond substituents is 3. The van der Waals surface area contributed by atoms with Crippen LogP contribution in [-0.4, -0.2) is 49.0 Å². The molecule has 9 heteroatoms. The maximum Gasteiger partial charge on any atom is 0.196 e. The van der Waals surface area contributed by atoms with Crippen LogP contribution in [0.5, 0.6) is 23.0 Å². The number of aromatic hydroxyl groups is 3. The minimum absolute atomic E-state index is 0.0411. The molecule has 0 radical (unpaired) electrons. The molecule has 9 nitrogen and oxygen atoms in total. The van der Waals surface area contributed by atoms with Crippen molar-refractivity contribution in [2.24, 2.45) is 0 Å². The van der Waals surface area contributed by atoms with E-state index in [1.807, 2.05) is 0 Å². The second-order valence-electron chi connectivity index (χ2n) is 7.57. The van der Waals surface area contributed by atoms with Crippen LogP contribution in [0.1, 0.15) is 29.9 Å². The summed E-state index contributed by atoms with van der Waals surface area (Å²) in [5.74, 6) is -1.03. The van der Waals surface area contributed by atoms with Crippen molar-refractivity contribution in [3.63, 3.8) is 0 Å². The van der Waals surface area contributed by atoms with E-state index in [2.05, 4.69) is 0 Å². The van der Waals surface area contributed by atoms with E-state index in [1.54, 1.807) is 0 Å². The molecule has 0 bridgehead atoms. The van der Waals surface area contributed by atoms with Gasteiger partial charge >= 0.3 is 0 Å². The Balaban J connectivity index is 1.86. The van der Waals surface area contributed by atoms with E-state index in [4.69, 9.17) is 9.15 Å². The molecule has 3 aromatic rings. The SMILES string of the molecule is CC1(CO)Oc2cc3oc(C(O)c4cc(O)cc(O)c4)cc(=O)c3c(O)c2CC1O. The van der Waals surface area contributed by atoms with E-state index in [9.17, 15) is 35.4 Å². The summed E-state index contributed by atoms with van der Waals surface area (Å²) in [7, 11) is 0. The van der Waals surface area contributed by atoms with Gasteiger partial charge in [0.1, 0.15) is 45.8 Å². The first-order valence-electron chi connectivity index (χ1n) is 9.14. The quantitative estimate of drug-likeness (QED) is 0.366. The molecular formula is C21H20O9. The predicted octanol–water partition coefficient (Wildman–Crippen LogP) is 1.04. The molecule has 2 heterocycles. The van der Waals surface area contributed by atoms with Crippen molar-refractivity contribution in [1.82, 2.24) is 0 Å². The van der Waals surface area contributed by atoms with Crippen LogP contribution in [0.3, 0.4) is 0 Å². The molecule has 0 spiro atoms. The molecule has 0 amide bonds. The Morgan fingerprint density at radius 1 is 1.13 bits per heavy atom. The van der Waals surface area contributed by atoms with Gasteiger partial charge in [-0.25, -0.2) is 0 Å². The number of aliphatic hydroxyl groups excluding tert-OH is 3. The highest BCUT2D eigenvalue weighted by atomic mass is 16.5. The third-order valence-electron chi connectivity index (χ3n) is 5.35. The zero-order valence-corrected chi connectivity index (χ0v) is 15.9. The molecule has 6 N–H and O–H groups in total. The lowest BCUT2D eigenvalue weighted by Gasteiger charge is -2.38. The lowest BCUT2D eigenvalue weighted by molar-refractivity contribution is -0.0842. The Hall–Kier alpha value is -3.27. The van der Waals surface area contributed by atoms with Gasteiger partial charge < -0.3 is 39.8 Å². The monoisotopic (exact) mass is 416 g/mol. The average molecular weight is 416 g/mol. The van der Waals surface area contributed by atoms with Gasteiger partial charge in [-0.3, -0.25) is 4.79 Å². The van der Waals surface area contributed by atoms with Gasteiger partial charge in [-0.15, -0.1) is 0 Å². The largest absolute Gasteiger partial charge is 0.508 e. The molecule has 3 atom stereocenters. The number of benzene rings is 2. The van der Waals surface area contributed by atoms with Gasteiger partial charge in [-0.1, -0.05) is 0 Å². The highest BCUT2D eigenvalue weighted by Crippen LogP contribution is 2.42. The number of fused-ring (bicyclic) bond motifs is 2. The summed E-state index contributed by atoms with van der Waals surface area (Å²) in [6, 6.07) is 5.84. The topological polar surface area (TPSA) is 161 Å². The lowest BCUT2D eigenvalue weighted by Crippen LogP contribution is -2.51. The fraction of sp³-hybridized carbons (Fsp3) is 0.286. The number of hydrogen-bond donors (Lipinski definition) is 6. The van der Waals surface area contributed by atoms with Gasteiger partial charge in [0.05, 0.1) is 12.7 Å². The van der Waals surface area contributed by atoms with Crippen LogP contribution in [-0.2, 0) is 6.42 Å². The third kappa shape index (κ3) is 3.13. The molecule has 0 aliphatic carbocycles. The van der Waals surface area contributed by atoms with Crippen molar-refractivity contribution in [1.29, 1.82) is 0 Å². The van der Waals surface area contributed by atoms with Gasteiger partial charge in [-0.05, 0) is 24.6 Å². The van der Waals surface area contributed by atoms with Crippen molar-refractivity contribution in [3.05, 3.63) is 57.4 Å².